The number of halogens is 1. The van der Waals surface area contributed by atoms with E-state index in [9.17, 15) is 0 Å². The Hall–Kier alpha value is -1.34. The second kappa shape index (κ2) is 4.15. The van der Waals surface area contributed by atoms with Gasteiger partial charge in [-0.2, -0.15) is 9.61 Å². The third-order valence-electron chi connectivity index (χ3n) is 2.87. The van der Waals surface area contributed by atoms with Crippen molar-refractivity contribution in [3.8, 4) is 0 Å². The fourth-order valence-corrected chi connectivity index (χ4v) is 2.37. The van der Waals surface area contributed by atoms with Crippen LogP contribution in [0.25, 0.3) is 5.65 Å². The Balaban J connectivity index is 1.96. The molecular weight excluding hydrogens is 284 g/mol. The van der Waals surface area contributed by atoms with Crippen LogP contribution >= 0.6 is 15.9 Å². The fourth-order valence-electron chi connectivity index (χ4n) is 2.02. The number of aromatic nitrogens is 3. The number of fused-ring (bicyclic) bond motifs is 1. The van der Waals surface area contributed by atoms with E-state index in [1.165, 1.54) is 0 Å². The van der Waals surface area contributed by atoms with Gasteiger partial charge < -0.3 is 16.4 Å². The van der Waals surface area contributed by atoms with E-state index in [2.05, 4.69) is 36.6 Å². The van der Waals surface area contributed by atoms with Crippen molar-refractivity contribution in [3.63, 3.8) is 0 Å². The van der Waals surface area contributed by atoms with Crippen LogP contribution in [0.3, 0.4) is 0 Å². The Kier molecular flexibility index (Phi) is 2.64. The fraction of sp³-hybridized carbons (Fsp3) is 0.400. The molecule has 6 nitrogen and oxygen atoms in total. The first-order valence-electron chi connectivity index (χ1n) is 5.51. The molecule has 7 heteroatoms. The van der Waals surface area contributed by atoms with E-state index in [0.717, 1.165) is 35.4 Å². The molecule has 0 saturated carbocycles. The SMILES string of the molecule is Nc1cc(N[C@H]2CCNC2)nc2c(Br)cnn12. The van der Waals surface area contributed by atoms with E-state index in [-0.39, 0.29) is 0 Å². The third-order valence-corrected chi connectivity index (χ3v) is 3.43. The molecule has 0 aliphatic carbocycles. The van der Waals surface area contributed by atoms with E-state index in [0.29, 0.717) is 11.9 Å². The number of hydrogen-bond acceptors (Lipinski definition) is 5. The Morgan fingerprint density at radius 1 is 1.59 bits per heavy atom. The Morgan fingerprint density at radius 2 is 2.47 bits per heavy atom. The maximum Gasteiger partial charge on any atom is 0.173 e. The lowest BCUT2D eigenvalue weighted by Gasteiger charge is -2.12. The van der Waals surface area contributed by atoms with Crippen molar-refractivity contribution in [1.82, 2.24) is 19.9 Å². The zero-order valence-corrected chi connectivity index (χ0v) is 10.7. The van der Waals surface area contributed by atoms with Gasteiger partial charge in [0.25, 0.3) is 0 Å². The van der Waals surface area contributed by atoms with Gasteiger partial charge in [-0.3, -0.25) is 0 Å². The number of nitrogens with two attached hydrogens (primary N) is 1. The Labute approximate surface area is 107 Å². The number of nitrogens with one attached hydrogen (secondary N) is 2. The summed E-state index contributed by atoms with van der Waals surface area (Å²) in [4.78, 5) is 4.49. The van der Waals surface area contributed by atoms with Crippen molar-refractivity contribution in [3.05, 3.63) is 16.7 Å². The van der Waals surface area contributed by atoms with Gasteiger partial charge in [-0.15, -0.1) is 0 Å². The summed E-state index contributed by atoms with van der Waals surface area (Å²) in [6, 6.07) is 2.23. The first-order chi connectivity index (χ1) is 8.24. The molecule has 3 heterocycles. The van der Waals surface area contributed by atoms with Crippen LogP contribution in [0, 0.1) is 0 Å². The summed E-state index contributed by atoms with van der Waals surface area (Å²) in [5.41, 5.74) is 6.66. The molecule has 1 atom stereocenters. The van der Waals surface area contributed by atoms with Crippen molar-refractivity contribution < 1.29 is 0 Å². The van der Waals surface area contributed by atoms with Crippen LogP contribution in [-0.4, -0.2) is 33.7 Å². The maximum absolute atomic E-state index is 5.93. The predicted octanol–water partition coefficient (Wildman–Crippen LogP) is 0.848. The number of hydrogen-bond donors (Lipinski definition) is 3. The zero-order chi connectivity index (χ0) is 11.8. The lowest BCUT2D eigenvalue weighted by atomic mass is 10.2. The zero-order valence-electron chi connectivity index (χ0n) is 9.15. The van der Waals surface area contributed by atoms with Crippen molar-refractivity contribution >= 4 is 33.2 Å². The van der Waals surface area contributed by atoms with E-state index in [1.54, 1.807) is 10.7 Å². The predicted molar refractivity (Wildman–Crippen MR) is 70.0 cm³/mol. The van der Waals surface area contributed by atoms with Gasteiger partial charge in [0.1, 0.15) is 11.6 Å². The molecule has 0 bridgehead atoms. The van der Waals surface area contributed by atoms with Crippen LogP contribution in [0.4, 0.5) is 11.6 Å². The highest BCUT2D eigenvalue weighted by atomic mass is 79.9. The molecule has 3 rings (SSSR count). The highest BCUT2D eigenvalue weighted by Crippen LogP contribution is 2.21. The van der Waals surface area contributed by atoms with Crippen LogP contribution in [0.1, 0.15) is 6.42 Å². The monoisotopic (exact) mass is 296 g/mol. The molecule has 1 saturated heterocycles. The molecule has 17 heavy (non-hydrogen) atoms. The van der Waals surface area contributed by atoms with Crippen LogP contribution < -0.4 is 16.4 Å². The molecule has 0 spiro atoms. The van der Waals surface area contributed by atoms with Gasteiger partial charge in [-0.05, 0) is 28.9 Å². The quantitative estimate of drug-likeness (QED) is 0.765. The lowest BCUT2D eigenvalue weighted by molar-refractivity contribution is 0.787. The van der Waals surface area contributed by atoms with Crippen LogP contribution in [0.15, 0.2) is 16.7 Å². The minimum Gasteiger partial charge on any atom is -0.383 e. The topological polar surface area (TPSA) is 80.3 Å². The number of rotatable bonds is 2. The average molecular weight is 297 g/mol. The average Bonchev–Trinajstić information content (AvgIpc) is 2.90. The molecule has 0 radical (unpaired) electrons. The minimum absolute atomic E-state index is 0.422. The van der Waals surface area contributed by atoms with E-state index in [1.807, 2.05) is 6.07 Å². The van der Waals surface area contributed by atoms with Crippen LogP contribution in [-0.2, 0) is 0 Å². The van der Waals surface area contributed by atoms with Crippen molar-refractivity contribution in [2.24, 2.45) is 0 Å². The van der Waals surface area contributed by atoms with Gasteiger partial charge in [-0.1, -0.05) is 0 Å². The van der Waals surface area contributed by atoms with E-state index >= 15 is 0 Å². The second-order valence-corrected chi connectivity index (χ2v) is 4.98. The molecule has 0 amide bonds. The molecule has 0 aromatic carbocycles. The molecule has 1 aliphatic heterocycles. The van der Waals surface area contributed by atoms with Gasteiger partial charge >= 0.3 is 0 Å². The summed E-state index contributed by atoms with van der Waals surface area (Å²) in [7, 11) is 0. The summed E-state index contributed by atoms with van der Waals surface area (Å²) in [6.45, 7) is 2.01. The van der Waals surface area contributed by atoms with Crippen molar-refractivity contribution in [2.75, 3.05) is 24.1 Å². The van der Waals surface area contributed by atoms with E-state index in [4.69, 9.17) is 5.73 Å². The van der Waals surface area contributed by atoms with Gasteiger partial charge in [-0.25, -0.2) is 4.98 Å². The van der Waals surface area contributed by atoms with Crippen LogP contribution in [0.5, 0.6) is 0 Å². The van der Waals surface area contributed by atoms with E-state index < -0.39 is 0 Å². The maximum atomic E-state index is 5.93. The van der Waals surface area contributed by atoms with Gasteiger partial charge in [0.15, 0.2) is 5.65 Å². The van der Waals surface area contributed by atoms with Crippen molar-refractivity contribution in [1.29, 1.82) is 0 Å². The van der Waals surface area contributed by atoms with Crippen molar-refractivity contribution in [2.45, 2.75) is 12.5 Å². The first-order valence-corrected chi connectivity index (χ1v) is 6.30. The Morgan fingerprint density at radius 3 is 3.24 bits per heavy atom. The highest BCUT2D eigenvalue weighted by Gasteiger charge is 2.15. The van der Waals surface area contributed by atoms with Gasteiger partial charge in [0, 0.05) is 18.7 Å². The molecule has 1 fully saturated rings. The third kappa shape index (κ3) is 1.96. The largest absolute Gasteiger partial charge is 0.383 e. The number of anilines is 2. The highest BCUT2D eigenvalue weighted by molar-refractivity contribution is 9.10. The summed E-state index contributed by atoms with van der Waals surface area (Å²) in [5.74, 6) is 1.37. The number of nitrogens with zero attached hydrogens (tertiary/aromatic N) is 3. The lowest BCUT2D eigenvalue weighted by Crippen LogP contribution is -2.23. The molecule has 2 aromatic rings. The molecule has 1 aliphatic rings. The molecule has 90 valence electrons. The number of nitrogen functional groups attached to an aromatic ring is 1. The summed E-state index contributed by atoms with van der Waals surface area (Å²) in [5, 5.41) is 10.8. The van der Waals surface area contributed by atoms with Gasteiger partial charge in [0.05, 0.1) is 10.7 Å². The smallest absolute Gasteiger partial charge is 0.173 e. The molecule has 2 aromatic heterocycles. The second-order valence-electron chi connectivity index (χ2n) is 4.13. The van der Waals surface area contributed by atoms with Crippen LogP contribution in [0.2, 0.25) is 0 Å². The summed E-state index contributed by atoms with van der Waals surface area (Å²) < 4.78 is 2.46. The summed E-state index contributed by atoms with van der Waals surface area (Å²) in [6.07, 6.45) is 2.80. The molecule has 4 N–H and O–H groups in total. The minimum atomic E-state index is 0.422. The standard InChI is InChI=1S/C10H13BrN6/c11-7-5-14-17-8(12)3-9(16-10(7)17)15-6-1-2-13-4-6/h3,5-6,13H,1-2,4,12H2,(H,15,16)/t6-/m0/s1. The molecular formula is C10H13BrN6. The first kappa shape index (κ1) is 10.8. The van der Waals surface area contributed by atoms with Gasteiger partial charge in [0.2, 0.25) is 0 Å². The summed E-state index contributed by atoms with van der Waals surface area (Å²) >= 11 is 3.41. The normalized spacial score (nSPS) is 19.9. The Bertz CT molecular complexity index is 545. The molecule has 0 unspecified atom stereocenters.